The number of hydrogen-bond acceptors (Lipinski definition) is 4. The van der Waals surface area contributed by atoms with E-state index in [0.717, 1.165) is 0 Å². The first kappa shape index (κ1) is 13.8. The van der Waals surface area contributed by atoms with Crippen LogP contribution in [0.1, 0.15) is 27.7 Å². The molecule has 4 nitrogen and oxygen atoms in total. The van der Waals surface area contributed by atoms with Crippen molar-refractivity contribution in [1.29, 1.82) is 0 Å². The van der Waals surface area contributed by atoms with Crippen molar-refractivity contribution >= 4 is 0 Å². The maximum atomic E-state index is 9.30. The molecule has 4 heteroatoms. The Morgan fingerprint density at radius 1 is 1.43 bits per heavy atom. The molecule has 3 atom stereocenters. The van der Waals surface area contributed by atoms with E-state index in [1.165, 1.54) is 0 Å². The highest BCUT2D eigenvalue weighted by Crippen LogP contribution is 2.14. The minimum Gasteiger partial charge on any atom is -0.391 e. The molecule has 0 fully saturated rings. The molecule has 0 aromatic rings. The largest absolute Gasteiger partial charge is 0.391 e. The van der Waals surface area contributed by atoms with Gasteiger partial charge in [-0.25, -0.2) is 0 Å². The Hall–Kier alpha value is -0.160. The van der Waals surface area contributed by atoms with Crippen LogP contribution >= 0.6 is 0 Å². The summed E-state index contributed by atoms with van der Waals surface area (Å²) in [6, 6.07) is 0. The van der Waals surface area contributed by atoms with E-state index >= 15 is 0 Å². The molecule has 0 aliphatic heterocycles. The van der Waals surface area contributed by atoms with Crippen molar-refractivity contribution < 1.29 is 14.6 Å². The third-order valence-electron chi connectivity index (χ3n) is 2.19. The fraction of sp³-hybridized carbons (Fsp3) is 1.00. The zero-order valence-corrected chi connectivity index (χ0v) is 9.62. The van der Waals surface area contributed by atoms with E-state index in [1.54, 1.807) is 6.92 Å². The van der Waals surface area contributed by atoms with Crippen LogP contribution in [0.2, 0.25) is 0 Å². The zero-order valence-electron chi connectivity index (χ0n) is 9.62. The molecule has 0 aliphatic carbocycles. The minimum absolute atomic E-state index is 0.232. The molecule has 0 amide bonds. The summed E-state index contributed by atoms with van der Waals surface area (Å²) in [5.41, 5.74) is 5.10. The van der Waals surface area contributed by atoms with Crippen molar-refractivity contribution in [1.82, 2.24) is 0 Å². The van der Waals surface area contributed by atoms with E-state index in [0.29, 0.717) is 19.8 Å². The van der Waals surface area contributed by atoms with E-state index < -0.39 is 11.7 Å². The van der Waals surface area contributed by atoms with E-state index in [2.05, 4.69) is 0 Å². The molecule has 0 radical (unpaired) electrons. The molecule has 0 heterocycles. The second kappa shape index (κ2) is 6.35. The first-order chi connectivity index (χ1) is 6.45. The first-order valence-corrected chi connectivity index (χ1v) is 5.09. The van der Waals surface area contributed by atoms with Gasteiger partial charge in [-0.3, -0.25) is 0 Å². The maximum Gasteiger partial charge on any atom is 0.101 e. The first-order valence-electron chi connectivity index (χ1n) is 5.09. The highest BCUT2D eigenvalue weighted by atomic mass is 16.6. The second-order valence-corrected chi connectivity index (χ2v) is 3.85. The van der Waals surface area contributed by atoms with Crippen LogP contribution in [0.3, 0.4) is 0 Å². The molecule has 0 saturated carbocycles. The second-order valence-electron chi connectivity index (χ2n) is 3.85. The van der Waals surface area contributed by atoms with Crippen molar-refractivity contribution in [2.45, 2.75) is 45.5 Å². The Kier molecular flexibility index (Phi) is 6.27. The molecule has 0 aromatic heterocycles. The summed E-state index contributed by atoms with van der Waals surface area (Å²) < 4.78 is 10.9. The number of rotatable bonds is 7. The summed E-state index contributed by atoms with van der Waals surface area (Å²) in [4.78, 5) is 0. The number of aliphatic hydroxyl groups is 1. The molecular formula is C10H23NO3. The Bertz CT molecular complexity index is 152. The molecule has 0 aliphatic rings. The molecule has 3 unspecified atom stereocenters. The molecule has 3 N–H and O–H groups in total. The molecule has 0 aromatic carbocycles. The Morgan fingerprint density at radius 3 is 2.36 bits per heavy atom. The van der Waals surface area contributed by atoms with E-state index in [9.17, 15) is 5.11 Å². The fourth-order valence-corrected chi connectivity index (χ4v) is 1.01. The Labute approximate surface area is 86.4 Å². The standard InChI is InChI=1S/C10H23NO3/c1-5-13-7-10(4,6-11)14-9(3)8(2)12/h8-9,12H,5-7,11H2,1-4H3. The Balaban J connectivity index is 4.09. The monoisotopic (exact) mass is 205 g/mol. The topological polar surface area (TPSA) is 64.7 Å². The summed E-state index contributed by atoms with van der Waals surface area (Å²) in [5.74, 6) is 0. The summed E-state index contributed by atoms with van der Waals surface area (Å²) in [6.45, 7) is 8.81. The van der Waals surface area contributed by atoms with Crippen molar-refractivity contribution in [2.75, 3.05) is 19.8 Å². The molecule has 0 saturated heterocycles. The van der Waals surface area contributed by atoms with Gasteiger partial charge in [-0.1, -0.05) is 0 Å². The van der Waals surface area contributed by atoms with Crippen LogP contribution < -0.4 is 5.73 Å². The van der Waals surface area contributed by atoms with Crippen LogP contribution in [0.15, 0.2) is 0 Å². The average Bonchev–Trinajstić information content (AvgIpc) is 2.14. The SMILES string of the molecule is CCOCC(C)(CN)OC(C)C(C)O. The van der Waals surface area contributed by atoms with E-state index in [-0.39, 0.29) is 6.10 Å². The zero-order chi connectivity index (χ0) is 11.2. The molecular weight excluding hydrogens is 182 g/mol. The lowest BCUT2D eigenvalue weighted by Gasteiger charge is -2.32. The van der Waals surface area contributed by atoms with Gasteiger partial charge in [0.2, 0.25) is 0 Å². The molecule has 0 bridgehead atoms. The van der Waals surface area contributed by atoms with Crippen molar-refractivity contribution in [3.8, 4) is 0 Å². The summed E-state index contributed by atoms with van der Waals surface area (Å²) in [7, 11) is 0. The molecule has 0 spiro atoms. The van der Waals surface area contributed by atoms with Gasteiger partial charge in [0.1, 0.15) is 5.60 Å². The van der Waals surface area contributed by atoms with Gasteiger partial charge < -0.3 is 20.3 Å². The normalized spacial score (nSPS) is 20.1. The van der Waals surface area contributed by atoms with Gasteiger partial charge in [0.15, 0.2) is 0 Å². The van der Waals surface area contributed by atoms with Gasteiger partial charge in [-0.2, -0.15) is 0 Å². The lowest BCUT2D eigenvalue weighted by atomic mass is 10.1. The highest BCUT2D eigenvalue weighted by Gasteiger charge is 2.27. The van der Waals surface area contributed by atoms with Crippen molar-refractivity contribution in [3.05, 3.63) is 0 Å². The summed E-state index contributed by atoms with van der Waals surface area (Å²) in [6.07, 6.45) is -0.730. The van der Waals surface area contributed by atoms with Gasteiger partial charge in [-0.15, -0.1) is 0 Å². The van der Waals surface area contributed by atoms with Gasteiger partial charge in [0.05, 0.1) is 18.8 Å². The maximum absolute atomic E-state index is 9.30. The van der Waals surface area contributed by atoms with Gasteiger partial charge >= 0.3 is 0 Å². The van der Waals surface area contributed by atoms with Crippen LogP contribution in [-0.2, 0) is 9.47 Å². The lowest BCUT2D eigenvalue weighted by Crippen LogP contribution is -2.46. The third-order valence-corrected chi connectivity index (χ3v) is 2.19. The smallest absolute Gasteiger partial charge is 0.101 e. The van der Waals surface area contributed by atoms with Crippen LogP contribution in [-0.4, -0.2) is 42.7 Å². The summed E-state index contributed by atoms with van der Waals surface area (Å²) in [5, 5.41) is 9.30. The van der Waals surface area contributed by atoms with E-state index in [1.807, 2.05) is 20.8 Å². The van der Waals surface area contributed by atoms with Crippen LogP contribution in [0, 0.1) is 0 Å². The molecule has 0 rings (SSSR count). The number of nitrogens with two attached hydrogens (primary N) is 1. The van der Waals surface area contributed by atoms with Crippen molar-refractivity contribution in [2.24, 2.45) is 5.73 Å². The van der Waals surface area contributed by atoms with Crippen molar-refractivity contribution in [3.63, 3.8) is 0 Å². The average molecular weight is 205 g/mol. The molecule has 86 valence electrons. The van der Waals surface area contributed by atoms with Crippen LogP contribution in [0.25, 0.3) is 0 Å². The fourth-order valence-electron chi connectivity index (χ4n) is 1.01. The Morgan fingerprint density at radius 2 is 2.00 bits per heavy atom. The van der Waals surface area contributed by atoms with E-state index in [4.69, 9.17) is 15.2 Å². The van der Waals surface area contributed by atoms with Crippen LogP contribution in [0.5, 0.6) is 0 Å². The van der Waals surface area contributed by atoms with Gasteiger partial charge in [0.25, 0.3) is 0 Å². The third kappa shape index (κ3) is 4.91. The predicted molar refractivity (Wildman–Crippen MR) is 56.2 cm³/mol. The highest BCUT2D eigenvalue weighted by molar-refractivity contribution is 4.78. The van der Waals surface area contributed by atoms with Crippen LogP contribution in [0.4, 0.5) is 0 Å². The predicted octanol–water partition coefficient (Wildman–Crippen LogP) is 0.526. The lowest BCUT2D eigenvalue weighted by molar-refractivity contribution is -0.138. The number of hydrogen-bond donors (Lipinski definition) is 2. The van der Waals surface area contributed by atoms with Gasteiger partial charge in [0, 0.05) is 13.2 Å². The van der Waals surface area contributed by atoms with Gasteiger partial charge in [-0.05, 0) is 27.7 Å². The number of ether oxygens (including phenoxy) is 2. The minimum atomic E-state index is -0.508. The quantitative estimate of drug-likeness (QED) is 0.636. The molecule has 14 heavy (non-hydrogen) atoms. The summed E-state index contributed by atoms with van der Waals surface area (Å²) >= 11 is 0. The number of aliphatic hydroxyl groups excluding tert-OH is 1.